The summed E-state index contributed by atoms with van der Waals surface area (Å²) in [5.41, 5.74) is 2.15. The van der Waals surface area contributed by atoms with E-state index < -0.39 is 28.5 Å². The Bertz CT molecular complexity index is 1050. The zero-order valence-corrected chi connectivity index (χ0v) is 21.1. The molecule has 1 N–H and O–H groups in total. The van der Waals surface area contributed by atoms with Crippen molar-refractivity contribution in [3.8, 4) is 0 Å². The maximum atomic E-state index is 13.5. The SMILES string of the molecule is CC(C)NC(=O)C(C)N(Cc1ccccc1)C(=O)CN(c1ccccc1C(C)C)S(C)(=O)=O. The fourth-order valence-corrected chi connectivity index (χ4v) is 4.43. The van der Waals surface area contributed by atoms with Crippen LogP contribution in [0.5, 0.6) is 0 Å². The van der Waals surface area contributed by atoms with Gasteiger partial charge in [-0.25, -0.2) is 8.42 Å². The van der Waals surface area contributed by atoms with E-state index in [0.29, 0.717) is 5.69 Å². The molecule has 0 saturated carbocycles. The molecule has 0 aromatic heterocycles. The second-order valence-corrected chi connectivity index (χ2v) is 10.7. The quantitative estimate of drug-likeness (QED) is 0.572. The molecular formula is C25H35N3O4S. The predicted molar refractivity (Wildman–Crippen MR) is 132 cm³/mol. The topological polar surface area (TPSA) is 86.8 Å². The maximum absolute atomic E-state index is 13.5. The van der Waals surface area contributed by atoms with Gasteiger partial charge in [-0.3, -0.25) is 13.9 Å². The summed E-state index contributed by atoms with van der Waals surface area (Å²) in [7, 11) is -3.76. The van der Waals surface area contributed by atoms with Crippen LogP contribution in [-0.4, -0.2) is 50.0 Å². The summed E-state index contributed by atoms with van der Waals surface area (Å²) in [5, 5.41) is 2.84. The van der Waals surface area contributed by atoms with Crippen molar-refractivity contribution in [2.45, 2.75) is 59.2 Å². The molecule has 0 heterocycles. The van der Waals surface area contributed by atoms with Crippen LogP contribution in [0.1, 0.15) is 51.7 Å². The zero-order chi connectivity index (χ0) is 24.8. The van der Waals surface area contributed by atoms with Gasteiger partial charge in [0, 0.05) is 12.6 Å². The standard InChI is InChI=1S/C25H35N3O4S/c1-18(2)22-14-10-11-15-23(22)28(33(6,31)32)17-24(29)27(16-21-12-8-7-9-13-21)20(5)25(30)26-19(3)4/h7-15,18-20H,16-17H2,1-6H3,(H,26,30). The van der Waals surface area contributed by atoms with Crippen LogP contribution in [0.25, 0.3) is 0 Å². The van der Waals surface area contributed by atoms with E-state index in [-0.39, 0.29) is 24.4 Å². The fraction of sp³-hybridized carbons (Fsp3) is 0.440. The minimum absolute atomic E-state index is 0.0664. The number of carbonyl (C=O) groups is 2. The van der Waals surface area contributed by atoms with Crippen LogP contribution >= 0.6 is 0 Å². The highest BCUT2D eigenvalue weighted by molar-refractivity contribution is 7.92. The van der Waals surface area contributed by atoms with E-state index in [1.54, 1.807) is 19.1 Å². The third-order valence-corrected chi connectivity index (χ3v) is 6.43. The van der Waals surface area contributed by atoms with Crippen molar-refractivity contribution >= 4 is 27.5 Å². The number of nitrogens with one attached hydrogen (secondary N) is 1. The zero-order valence-electron chi connectivity index (χ0n) is 20.3. The molecule has 0 aliphatic heterocycles. The molecule has 180 valence electrons. The number of sulfonamides is 1. The highest BCUT2D eigenvalue weighted by atomic mass is 32.2. The number of amides is 2. The second kappa shape index (κ2) is 11.3. The third-order valence-electron chi connectivity index (χ3n) is 5.30. The molecule has 2 rings (SSSR count). The van der Waals surface area contributed by atoms with Gasteiger partial charge in [0.05, 0.1) is 11.9 Å². The summed E-state index contributed by atoms with van der Waals surface area (Å²) in [6, 6.07) is 15.6. The molecule has 2 aromatic carbocycles. The number of nitrogens with zero attached hydrogens (tertiary/aromatic N) is 2. The van der Waals surface area contributed by atoms with Gasteiger partial charge in [-0.1, -0.05) is 62.4 Å². The lowest BCUT2D eigenvalue weighted by atomic mass is 10.0. The van der Waals surface area contributed by atoms with Crippen molar-refractivity contribution in [2.75, 3.05) is 17.1 Å². The van der Waals surface area contributed by atoms with Crippen molar-refractivity contribution in [3.05, 3.63) is 65.7 Å². The van der Waals surface area contributed by atoms with E-state index in [0.717, 1.165) is 21.7 Å². The summed E-state index contributed by atoms with van der Waals surface area (Å²) < 4.78 is 26.6. The van der Waals surface area contributed by atoms with Crippen LogP contribution in [-0.2, 0) is 26.2 Å². The Morgan fingerprint density at radius 3 is 2.03 bits per heavy atom. The molecule has 2 amide bonds. The average molecular weight is 474 g/mol. The molecule has 7 nitrogen and oxygen atoms in total. The number of para-hydroxylation sites is 1. The lowest BCUT2D eigenvalue weighted by Crippen LogP contribution is -2.52. The smallest absolute Gasteiger partial charge is 0.244 e. The number of hydrogen-bond donors (Lipinski definition) is 1. The first kappa shape index (κ1) is 26.4. The van der Waals surface area contributed by atoms with Crippen molar-refractivity contribution in [1.82, 2.24) is 10.2 Å². The van der Waals surface area contributed by atoms with Crippen LogP contribution in [0.15, 0.2) is 54.6 Å². The van der Waals surface area contributed by atoms with Crippen LogP contribution in [0.2, 0.25) is 0 Å². The minimum atomic E-state index is -3.76. The van der Waals surface area contributed by atoms with Crippen LogP contribution in [0.4, 0.5) is 5.69 Å². The van der Waals surface area contributed by atoms with Crippen LogP contribution in [0, 0.1) is 0 Å². The van der Waals surface area contributed by atoms with Gasteiger partial charge in [0.2, 0.25) is 21.8 Å². The monoisotopic (exact) mass is 473 g/mol. The van der Waals surface area contributed by atoms with E-state index in [1.165, 1.54) is 4.90 Å². The Balaban J connectivity index is 2.43. The molecule has 0 radical (unpaired) electrons. The number of benzene rings is 2. The van der Waals surface area contributed by atoms with Gasteiger partial charge in [0.25, 0.3) is 0 Å². The fourth-order valence-electron chi connectivity index (χ4n) is 3.57. The van der Waals surface area contributed by atoms with Crippen molar-refractivity contribution in [2.24, 2.45) is 0 Å². The molecule has 1 unspecified atom stereocenters. The van der Waals surface area contributed by atoms with E-state index >= 15 is 0 Å². The highest BCUT2D eigenvalue weighted by Gasteiger charge is 2.31. The Kier molecular flexibility index (Phi) is 9.05. The van der Waals surface area contributed by atoms with Crippen molar-refractivity contribution < 1.29 is 18.0 Å². The molecule has 0 aliphatic carbocycles. The molecule has 1 atom stereocenters. The molecule has 0 fully saturated rings. The van der Waals surface area contributed by atoms with Gasteiger partial charge in [-0.15, -0.1) is 0 Å². The Hall–Kier alpha value is -2.87. The normalized spacial score (nSPS) is 12.5. The predicted octanol–water partition coefficient (Wildman–Crippen LogP) is 3.52. The first-order chi connectivity index (χ1) is 15.4. The van der Waals surface area contributed by atoms with Gasteiger partial charge in [0.15, 0.2) is 0 Å². The van der Waals surface area contributed by atoms with Gasteiger partial charge < -0.3 is 10.2 Å². The minimum Gasteiger partial charge on any atom is -0.352 e. The highest BCUT2D eigenvalue weighted by Crippen LogP contribution is 2.29. The summed E-state index contributed by atoms with van der Waals surface area (Å²) in [5.74, 6) is -0.672. The lowest BCUT2D eigenvalue weighted by molar-refractivity contribution is -0.139. The van der Waals surface area contributed by atoms with Gasteiger partial charge >= 0.3 is 0 Å². The number of hydrogen-bond acceptors (Lipinski definition) is 4. The van der Waals surface area contributed by atoms with E-state index in [9.17, 15) is 18.0 Å². The summed E-state index contributed by atoms with van der Waals surface area (Å²) >= 11 is 0. The largest absolute Gasteiger partial charge is 0.352 e. The Morgan fingerprint density at radius 2 is 1.48 bits per heavy atom. The molecule has 8 heteroatoms. The molecular weight excluding hydrogens is 438 g/mol. The first-order valence-electron chi connectivity index (χ1n) is 11.1. The van der Waals surface area contributed by atoms with Gasteiger partial charge in [-0.2, -0.15) is 0 Å². The van der Waals surface area contributed by atoms with Crippen LogP contribution < -0.4 is 9.62 Å². The number of anilines is 1. The molecule has 0 spiro atoms. The third kappa shape index (κ3) is 7.32. The Labute approximate surface area is 197 Å². The molecule has 33 heavy (non-hydrogen) atoms. The number of rotatable bonds is 10. The average Bonchev–Trinajstić information content (AvgIpc) is 2.74. The van der Waals surface area contributed by atoms with Gasteiger partial charge in [0.1, 0.15) is 12.6 Å². The molecule has 0 bridgehead atoms. The first-order valence-corrected chi connectivity index (χ1v) is 13.0. The summed E-state index contributed by atoms with van der Waals surface area (Å²) in [6.07, 6.45) is 1.09. The number of carbonyl (C=O) groups excluding carboxylic acids is 2. The van der Waals surface area contributed by atoms with E-state index in [1.807, 2.05) is 70.2 Å². The maximum Gasteiger partial charge on any atom is 0.244 e. The van der Waals surface area contributed by atoms with E-state index in [4.69, 9.17) is 0 Å². The summed E-state index contributed by atoms with van der Waals surface area (Å²) in [6.45, 7) is 9.10. The van der Waals surface area contributed by atoms with Crippen molar-refractivity contribution in [3.63, 3.8) is 0 Å². The van der Waals surface area contributed by atoms with E-state index in [2.05, 4.69) is 5.32 Å². The van der Waals surface area contributed by atoms with Crippen molar-refractivity contribution in [1.29, 1.82) is 0 Å². The second-order valence-electron chi connectivity index (χ2n) is 8.83. The van der Waals surface area contributed by atoms with Crippen LogP contribution in [0.3, 0.4) is 0 Å². The molecule has 2 aromatic rings. The van der Waals surface area contributed by atoms with Gasteiger partial charge in [-0.05, 0) is 43.9 Å². The molecule has 0 aliphatic rings. The Morgan fingerprint density at radius 1 is 0.909 bits per heavy atom. The summed E-state index contributed by atoms with van der Waals surface area (Å²) in [4.78, 5) is 27.7. The molecule has 0 saturated heterocycles. The lowest BCUT2D eigenvalue weighted by Gasteiger charge is -2.32.